The van der Waals surface area contributed by atoms with Crippen LogP contribution in [0.25, 0.3) is 78.6 Å². The van der Waals surface area contributed by atoms with E-state index < -0.39 is 0 Å². The quantitative estimate of drug-likeness (QED) is 0.181. The Kier molecular flexibility index (Phi) is 6.03. The van der Waals surface area contributed by atoms with Crippen molar-refractivity contribution in [2.45, 2.75) is 0 Å². The summed E-state index contributed by atoms with van der Waals surface area (Å²) in [5.74, 6) is 0. The SMILES string of the molecule is c1ccc(-n2c3ccccc3c3cc(N(c4ccc5ccc6c7ccccc7sc6c5c4)c4cccc5c4sc4ccccc45)ccc32)cc1. The van der Waals surface area contributed by atoms with Crippen LogP contribution in [-0.2, 0) is 0 Å². The number of fused-ring (bicyclic) bond motifs is 11. The zero-order valence-electron chi connectivity index (χ0n) is 26.9. The van der Waals surface area contributed by atoms with Crippen molar-refractivity contribution in [1.82, 2.24) is 4.57 Å². The first-order chi connectivity index (χ1) is 24.8. The van der Waals surface area contributed by atoms with Crippen molar-refractivity contribution in [3.63, 3.8) is 0 Å². The summed E-state index contributed by atoms with van der Waals surface area (Å²) in [4.78, 5) is 2.48. The fraction of sp³-hybridized carbons (Fsp3) is 0. The zero-order valence-corrected chi connectivity index (χ0v) is 28.5. The highest BCUT2D eigenvalue weighted by atomic mass is 32.1. The molecule has 0 fully saturated rings. The highest BCUT2D eigenvalue weighted by molar-refractivity contribution is 7.27. The third-order valence-corrected chi connectivity index (χ3v) is 12.6. The van der Waals surface area contributed by atoms with Crippen LogP contribution in [0.2, 0.25) is 0 Å². The second kappa shape index (κ2) is 10.8. The van der Waals surface area contributed by atoms with Crippen LogP contribution in [0.4, 0.5) is 17.1 Å². The monoisotopic (exact) mass is 672 g/mol. The first kappa shape index (κ1) is 28.0. The Morgan fingerprint density at radius 2 is 0.960 bits per heavy atom. The van der Waals surface area contributed by atoms with Gasteiger partial charge in [-0.15, -0.1) is 22.7 Å². The molecule has 0 amide bonds. The average Bonchev–Trinajstić information content (AvgIpc) is 3.85. The largest absolute Gasteiger partial charge is 0.309 e. The van der Waals surface area contributed by atoms with E-state index in [0.29, 0.717) is 0 Å². The van der Waals surface area contributed by atoms with E-state index in [2.05, 4.69) is 179 Å². The number of thiophene rings is 2. The van der Waals surface area contributed by atoms with Gasteiger partial charge in [0.05, 0.1) is 21.4 Å². The minimum absolute atomic E-state index is 1.14. The minimum atomic E-state index is 1.14. The number of nitrogens with zero attached hydrogens (tertiary/aromatic N) is 2. The van der Waals surface area contributed by atoms with Crippen molar-refractivity contribution in [2.24, 2.45) is 0 Å². The van der Waals surface area contributed by atoms with E-state index in [4.69, 9.17) is 0 Å². The van der Waals surface area contributed by atoms with Crippen LogP contribution in [0.15, 0.2) is 170 Å². The minimum Gasteiger partial charge on any atom is -0.309 e. The molecule has 0 unspecified atom stereocenters. The molecule has 0 aliphatic carbocycles. The predicted molar refractivity (Wildman–Crippen MR) is 219 cm³/mol. The molecule has 234 valence electrons. The van der Waals surface area contributed by atoms with Gasteiger partial charge >= 0.3 is 0 Å². The molecule has 0 aliphatic rings. The number of rotatable bonds is 4. The van der Waals surface area contributed by atoms with Crippen LogP contribution in [0, 0.1) is 0 Å². The maximum absolute atomic E-state index is 2.48. The molecule has 0 radical (unpaired) electrons. The summed E-state index contributed by atoms with van der Waals surface area (Å²) in [6.45, 7) is 0. The number of hydrogen-bond acceptors (Lipinski definition) is 3. The maximum Gasteiger partial charge on any atom is 0.0640 e. The van der Waals surface area contributed by atoms with Gasteiger partial charge in [0.2, 0.25) is 0 Å². The van der Waals surface area contributed by atoms with E-state index in [1.807, 2.05) is 22.7 Å². The van der Waals surface area contributed by atoms with Crippen molar-refractivity contribution in [2.75, 3.05) is 4.90 Å². The molecule has 3 heterocycles. The van der Waals surface area contributed by atoms with Crippen molar-refractivity contribution >= 4 is 113 Å². The molecule has 0 saturated heterocycles. The summed E-state index contributed by atoms with van der Waals surface area (Å²) in [5, 5.41) is 10.3. The van der Waals surface area contributed by atoms with Gasteiger partial charge in [0.1, 0.15) is 0 Å². The Morgan fingerprint density at radius 3 is 1.76 bits per heavy atom. The Balaban J connectivity index is 1.21. The summed E-state index contributed by atoms with van der Waals surface area (Å²) in [7, 11) is 0. The molecular formula is C46H28N2S2. The molecule has 0 aliphatic heterocycles. The van der Waals surface area contributed by atoms with Crippen LogP contribution in [0.1, 0.15) is 0 Å². The number of hydrogen-bond donors (Lipinski definition) is 0. The third-order valence-electron chi connectivity index (χ3n) is 10.2. The Morgan fingerprint density at radius 1 is 0.380 bits per heavy atom. The highest BCUT2D eigenvalue weighted by Gasteiger charge is 2.21. The first-order valence-corrected chi connectivity index (χ1v) is 18.6. The molecule has 11 rings (SSSR count). The average molecular weight is 673 g/mol. The zero-order chi connectivity index (χ0) is 32.8. The molecule has 3 aromatic heterocycles. The van der Waals surface area contributed by atoms with Crippen LogP contribution < -0.4 is 4.90 Å². The first-order valence-electron chi connectivity index (χ1n) is 16.9. The molecule has 0 spiro atoms. The lowest BCUT2D eigenvalue weighted by atomic mass is 10.0. The predicted octanol–water partition coefficient (Wildman–Crippen LogP) is 14.1. The Hall–Kier alpha value is -5.94. The van der Waals surface area contributed by atoms with Crippen molar-refractivity contribution < 1.29 is 0 Å². The Bertz CT molecular complexity index is 3110. The van der Waals surface area contributed by atoms with Gasteiger partial charge in [-0.05, 0) is 72.1 Å². The second-order valence-corrected chi connectivity index (χ2v) is 15.0. The van der Waals surface area contributed by atoms with Gasteiger partial charge in [-0.1, -0.05) is 103 Å². The van der Waals surface area contributed by atoms with Crippen LogP contribution in [0.3, 0.4) is 0 Å². The number of anilines is 3. The molecule has 0 saturated carbocycles. The lowest BCUT2D eigenvalue weighted by Gasteiger charge is -2.27. The molecule has 4 heteroatoms. The highest BCUT2D eigenvalue weighted by Crippen LogP contribution is 2.47. The molecule has 0 bridgehead atoms. The van der Waals surface area contributed by atoms with Crippen molar-refractivity contribution in [1.29, 1.82) is 0 Å². The molecule has 50 heavy (non-hydrogen) atoms. The molecule has 0 atom stereocenters. The van der Waals surface area contributed by atoms with E-state index in [1.54, 1.807) is 0 Å². The topological polar surface area (TPSA) is 8.17 Å². The molecular weight excluding hydrogens is 645 g/mol. The van der Waals surface area contributed by atoms with Gasteiger partial charge in [-0.2, -0.15) is 0 Å². The number of para-hydroxylation sites is 2. The van der Waals surface area contributed by atoms with E-state index in [1.165, 1.54) is 84.3 Å². The normalized spacial score (nSPS) is 12.0. The summed E-state index contributed by atoms with van der Waals surface area (Å²) in [6, 6.07) is 62.4. The lowest BCUT2D eigenvalue weighted by molar-refractivity contribution is 1.18. The van der Waals surface area contributed by atoms with Crippen molar-refractivity contribution in [3.05, 3.63) is 170 Å². The van der Waals surface area contributed by atoms with Gasteiger partial charge in [-0.25, -0.2) is 0 Å². The van der Waals surface area contributed by atoms with Crippen LogP contribution in [0.5, 0.6) is 0 Å². The van der Waals surface area contributed by atoms with Gasteiger partial charge in [-0.3, -0.25) is 0 Å². The lowest BCUT2D eigenvalue weighted by Crippen LogP contribution is -2.10. The van der Waals surface area contributed by atoms with Gasteiger partial charge in [0.15, 0.2) is 0 Å². The fourth-order valence-electron chi connectivity index (χ4n) is 7.92. The van der Waals surface area contributed by atoms with E-state index in [-0.39, 0.29) is 0 Å². The second-order valence-electron chi connectivity index (χ2n) is 12.9. The van der Waals surface area contributed by atoms with Crippen LogP contribution in [-0.4, -0.2) is 4.57 Å². The number of aromatic nitrogens is 1. The van der Waals surface area contributed by atoms with Gasteiger partial charge in [0, 0.05) is 68.9 Å². The molecule has 11 aromatic rings. The molecule has 0 N–H and O–H groups in total. The standard InChI is InChI=1S/C46H28N2S2/c1-2-11-30(12-3-1)48-40-17-7-4-13-33(40)39-28-32(24-26-41(39)48)47(42-18-10-16-36-34-14-5-9-20-44(34)50-46(36)42)31-23-21-29-22-25-37-35-15-6-8-19-43(35)49-45(37)38(29)27-31/h1-28H. The summed E-state index contributed by atoms with van der Waals surface area (Å²) in [6.07, 6.45) is 0. The Labute approximate surface area is 296 Å². The van der Waals surface area contributed by atoms with Crippen molar-refractivity contribution in [3.8, 4) is 5.69 Å². The van der Waals surface area contributed by atoms with Gasteiger partial charge < -0.3 is 9.47 Å². The summed E-state index contributed by atoms with van der Waals surface area (Å²) in [5.41, 5.74) is 7.06. The molecule has 2 nitrogen and oxygen atoms in total. The van der Waals surface area contributed by atoms with E-state index >= 15 is 0 Å². The number of benzene rings is 8. The smallest absolute Gasteiger partial charge is 0.0640 e. The molecule has 8 aromatic carbocycles. The summed E-state index contributed by atoms with van der Waals surface area (Å²) >= 11 is 3.77. The van der Waals surface area contributed by atoms with Gasteiger partial charge in [0.25, 0.3) is 0 Å². The van der Waals surface area contributed by atoms with E-state index in [0.717, 1.165) is 11.4 Å². The third kappa shape index (κ3) is 4.07. The van der Waals surface area contributed by atoms with E-state index in [9.17, 15) is 0 Å². The maximum atomic E-state index is 2.48. The fourth-order valence-corrected chi connectivity index (χ4v) is 10.4. The summed E-state index contributed by atoms with van der Waals surface area (Å²) < 4.78 is 7.65. The van der Waals surface area contributed by atoms with Crippen LogP contribution >= 0.6 is 22.7 Å².